The second kappa shape index (κ2) is 6.09. The van der Waals surface area contributed by atoms with Gasteiger partial charge in [0.2, 0.25) is 0 Å². The Labute approximate surface area is 139 Å². The number of hydroxylamine groups is 2. The number of thiazole rings is 1. The predicted molar refractivity (Wildman–Crippen MR) is 85.2 cm³/mol. The molecule has 2 aliphatic rings. The van der Waals surface area contributed by atoms with Crippen molar-refractivity contribution in [2.45, 2.75) is 51.2 Å². The van der Waals surface area contributed by atoms with Crippen molar-refractivity contribution < 1.29 is 19.2 Å². The molecule has 3 heterocycles. The van der Waals surface area contributed by atoms with Crippen LogP contribution in [0.5, 0.6) is 0 Å². The zero-order chi connectivity index (χ0) is 16.5. The number of hydrogen-bond donors (Lipinski definition) is 0. The lowest BCUT2D eigenvalue weighted by atomic mass is 9.87. The average molecular weight is 339 g/mol. The first-order valence-electron chi connectivity index (χ1n) is 7.66. The van der Waals surface area contributed by atoms with Crippen molar-refractivity contribution in [3.8, 4) is 0 Å². The molecule has 1 spiro atoms. The molecule has 0 aliphatic carbocycles. The average Bonchev–Trinajstić information content (AvgIpc) is 3.10. The summed E-state index contributed by atoms with van der Waals surface area (Å²) in [5, 5.41) is 8.67. The number of ether oxygens (including phenoxy) is 1. The van der Waals surface area contributed by atoms with Crippen molar-refractivity contribution in [2.75, 3.05) is 13.1 Å². The van der Waals surface area contributed by atoms with Gasteiger partial charge < -0.3 is 14.4 Å². The molecule has 8 heteroatoms. The predicted octanol–water partition coefficient (Wildman–Crippen LogP) is 2.97. The van der Waals surface area contributed by atoms with Crippen molar-refractivity contribution in [3.63, 3.8) is 0 Å². The summed E-state index contributed by atoms with van der Waals surface area (Å²) < 4.78 is 5.16. The van der Waals surface area contributed by atoms with Gasteiger partial charge in [0.05, 0.1) is 0 Å². The maximum absolute atomic E-state index is 11.7. The minimum atomic E-state index is -0.666. The highest BCUT2D eigenvalue weighted by molar-refractivity contribution is 7.11. The summed E-state index contributed by atoms with van der Waals surface area (Å²) >= 11 is 1.56. The van der Waals surface area contributed by atoms with Crippen LogP contribution in [0.1, 0.15) is 45.0 Å². The third kappa shape index (κ3) is 4.00. The zero-order valence-corrected chi connectivity index (χ0v) is 14.4. The number of hydrogen-bond acceptors (Lipinski definition) is 8. The summed E-state index contributed by atoms with van der Waals surface area (Å²) in [6.07, 6.45) is 3.34. The summed E-state index contributed by atoms with van der Waals surface area (Å²) in [5.74, 6) is 0. The second-order valence-corrected chi connectivity index (χ2v) is 7.71. The van der Waals surface area contributed by atoms with E-state index in [-0.39, 0.29) is 5.60 Å². The largest absolute Gasteiger partial charge is 0.528 e. The van der Waals surface area contributed by atoms with Crippen LogP contribution < -0.4 is 0 Å². The topological polar surface area (TPSA) is 73.3 Å². The van der Waals surface area contributed by atoms with Gasteiger partial charge in [0.1, 0.15) is 21.9 Å². The van der Waals surface area contributed by atoms with E-state index in [1.165, 1.54) is 0 Å². The lowest BCUT2D eigenvalue weighted by molar-refractivity contribution is -0.180. The number of piperidine rings is 1. The molecule has 0 radical (unpaired) electrons. The monoisotopic (exact) mass is 339 g/mol. The molecule has 0 saturated carbocycles. The van der Waals surface area contributed by atoms with Crippen LogP contribution >= 0.6 is 11.3 Å². The van der Waals surface area contributed by atoms with Crippen LogP contribution in [-0.2, 0) is 14.4 Å². The van der Waals surface area contributed by atoms with Crippen LogP contribution in [0.25, 0.3) is 0 Å². The highest BCUT2D eigenvalue weighted by atomic mass is 32.1. The summed E-state index contributed by atoms with van der Waals surface area (Å²) in [5.41, 5.74) is 0.0509. The van der Waals surface area contributed by atoms with Crippen LogP contribution in [0.3, 0.4) is 0 Å². The molecule has 0 atom stereocenters. The van der Waals surface area contributed by atoms with E-state index >= 15 is 0 Å². The van der Waals surface area contributed by atoms with Crippen LogP contribution in [0.2, 0.25) is 0 Å². The Morgan fingerprint density at radius 3 is 2.74 bits per heavy atom. The van der Waals surface area contributed by atoms with Crippen molar-refractivity contribution in [3.05, 3.63) is 16.6 Å². The number of oxime groups is 1. The smallest absolute Gasteiger partial charge is 0.427 e. The van der Waals surface area contributed by atoms with Gasteiger partial charge in [0.25, 0.3) is 0 Å². The zero-order valence-electron chi connectivity index (χ0n) is 13.6. The normalized spacial score (nSPS) is 20.9. The molecular weight excluding hydrogens is 318 g/mol. The van der Waals surface area contributed by atoms with Gasteiger partial charge in [0, 0.05) is 43.9 Å². The Morgan fingerprint density at radius 1 is 1.39 bits per heavy atom. The molecule has 0 bridgehead atoms. The molecule has 7 nitrogen and oxygen atoms in total. The van der Waals surface area contributed by atoms with E-state index in [1.54, 1.807) is 22.6 Å². The van der Waals surface area contributed by atoms with Gasteiger partial charge in [0.15, 0.2) is 0 Å². The van der Waals surface area contributed by atoms with Crippen molar-refractivity contribution >= 4 is 23.2 Å². The van der Waals surface area contributed by atoms with Crippen molar-refractivity contribution in [2.24, 2.45) is 5.16 Å². The highest BCUT2D eigenvalue weighted by Gasteiger charge is 2.43. The van der Waals surface area contributed by atoms with E-state index < -0.39 is 11.8 Å². The van der Waals surface area contributed by atoms with Crippen molar-refractivity contribution in [1.29, 1.82) is 0 Å². The van der Waals surface area contributed by atoms with Crippen LogP contribution in [0.4, 0.5) is 4.79 Å². The summed E-state index contributed by atoms with van der Waals surface area (Å²) in [7, 11) is 0. The minimum Gasteiger partial charge on any atom is -0.427 e. The molecule has 0 amide bonds. The molecule has 0 unspecified atom stereocenters. The number of carbonyl (C=O) groups is 1. The lowest BCUT2D eigenvalue weighted by Gasteiger charge is -2.35. The van der Waals surface area contributed by atoms with Gasteiger partial charge in [-0.1, -0.05) is 5.16 Å². The molecule has 1 aromatic heterocycles. The molecule has 0 N–H and O–H groups in total. The second-order valence-electron chi connectivity index (χ2n) is 6.81. The Morgan fingerprint density at radius 2 is 2.13 bits per heavy atom. The van der Waals surface area contributed by atoms with Gasteiger partial charge >= 0.3 is 6.16 Å². The first-order chi connectivity index (χ1) is 10.9. The van der Waals surface area contributed by atoms with E-state index in [1.807, 2.05) is 26.2 Å². The molecule has 1 aromatic rings. The fourth-order valence-electron chi connectivity index (χ4n) is 2.63. The van der Waals surface area contributed by atoms with E-state index in [0.29, 0.717) is 13.1 Å². The Bertz CT molecular complexity index is 586. The minimum absolute atomic E-state index is 0.297. The number of carbonyl (C=O) groups excluding carboxylic acids is 1. The quantitative estimate of drug-likeness (QED) is 0.771. The molecule has 1 fully saturated rings. The van der Waals surface area contributed by atoms with Crippen LogP contribution in [0, 0.1) is 0 Å². The number of nitrogens with zero attached hydrogens (tertiary/aromatic N) is 3. The summed E-state index contributed by atoms with van der Waals surface area (Å²) in [4.78, 5) is 26.9. The van der Waals surface area contributed by atoms with Crippen LogP contribution in [-0.4, -0.2) is 46.2 Å². The fraction of sp³-hybridized carbons (Fsp3) is 0.667. The maximum atomic E-state index is 11.7. The molecule has 23 heavy (non-hydrogen) atoms. The van der Waals surface area contributed by atoms with E-state index in [4.69, 9.17) is 14.4 Å². The van der Waals surface area contributed by atoms with Crippen molar-refractivity contribution in [1.82, 2.24) is 10.0 Å². The molecule has 0 aromatic carbocycles. The van der Waals surface area contributed by atoms with E-state index in [2.05, 4.69) is 10.1 Å². The standard InChI is InChI=1S/C15H21N3O4S/c1-14(2,3)20-13(19)21-18-7-4-15(5-8-18)10-11(17-22-15)12-16-6-9-23-12/h6,9H,4-5,7-8,10H2,1-3H3. The highest BCUT2D eigenvalue weighted by Crippen LogP contribution is 2.36. The van der Waals surface area contributed by atoms with Gasteiger partial charge in [-0.25, -0.2) is 9.78 Å². The van der Waals surface area contributed by atoms with Gasteiger partial charge in [-0.05, 0) is 20.8 Å². The summed E-state index contributed by atoms with van der Waals surface area (Å²) in [6.45, 7) is 6.62. The SMILES string of the molecule is CC(C)(C)OC(=O)ON1CCC2(CC1)CC(c1nccs1)=NO2. The Balaban J connectivity index is 1.49. The third-order valence-corrected chi connectivity index (χ3v) is 4.57. The fourth-order valence-corrected chi connectivity index (χ4v) is 3.25. The van der Waals surface area contributed by atoms with Gasteiger partial charge in [-0.2, -0.15) is 0 Å². The lowest BCUT2D eigenvalue weighted by Crippen LogP contribution is -2.45. The molecule has 1 saturated heterocycles. The van der Waals surface area contributed by atoms with Gasteiger partial charge in [-0.3, -0.25) is 0 Å². The Hall–Kier alpha value is -1.67. The molecule has 2 aliphatic heterocycles. The molecular formula is C15H21N3O4S. The first-order valence-corrected chi connectivity index (χ1v) is 8.54. The first kappa shape index (κ1) is 16.2. The third-order valence-electron chi connectivity index (χ3n) is 3.75. The maximum Gasteiger partial charge on any atom is 0.528 e. The van der Waals surface area contributed by atoms with Gasteiger partial charge in [-0.15, -0.1) is 16.4 Å². The molecule has 126 valence electrons. The van der Waals surface area contributed by atoms with Crippen LogP contribution in [0.15, 0.2) is 16.7 Å². The molecule has 3 rings (SSSR count). The Kier molecular flexibility index (Phi) is 4.29. The van der Waals surface area contributed by atoms with E-state index in [0.717, 1.165) is 30.0 Å². The number of aromatic nitrogens is 1. The summed E-state index contributed by atoms with van der Waals surface area (Å²) in [6, 6.07) is 0. The van der Waals surface area contributed by atoms with E-state index in [9.17, 15) is 4.79 Å². The number of rotatable bonds is 2.